The van der Waals surface area contributed by atoms with Crippen molar-refractivity contribution in [3.63, 3.8) is 0 Å². The molecule has 2 aliphatic heterocycles. The van der Waals surface area contributed by atoms with E-state index in [1.165, 1.54) is 32.7 Å². The van der Waals surface area contributed by atoms with Gasteiger partial charge >= 0.3 is 17.5 Å². The summed E-state index contributed by atoms with van der Waals surface area (Å²) < 4.78 is 13.6. The maximum atomic E-state index is 12.3. The zero-order valence-corrected chi connectivity index (χ0v) is 37.0. The molecule has 0 bridgehead atoms. The Morgan fingerprint density at radius 3 is 1.67 bits per heavy atom. The monoisotopic (exact) mass is 904 g/mol. The van der Waals surface area contributed by atoms with Gasteiger partial charge in [0, 0.05) is 92.5 Å². The lowest BCUT2D eigenvalue weighted by Crippen LogP contribution is -2.45. The van der Waals surface area contributed by atoms with Crippen LogP contribution in [0, 0.1) is 0 Å². The van der Waals surface area contributed by atoms with E-state index in [1.807, 2.05) is 42.5 Å². The van der Waals surface area contributed by atoms with E-state index in [4.69, 9.17) is 43.5 Å². The standard InChI is InChI=1S/C23H28ClN5O3.C14H11ClN2O2.C8H19N3.CH4/c1-27-10-12-28(13-11-27)9-3-8-25-22(30)26-19-5-2-4-17(14-19)16-29-20-7-6-18(24)15-21(20)32-23(29)31;15-10-4-5-12-13(7-10)19-14(18)17(12)8-9-2-1-3-11(16)6-9;1-10-5-7-11(8-6-10)4-2-3-9;/h2,4-7,14-15H,3,8-13,16H2,1H3,(H2,25,26,30);1-7H,8,16H2;2-9H2,1H3;1H4. The molecule has 4 heterocycles. The number of anilines is 2. The number of oxazole rings is 2. The molecule has 2 saturated heterocycles. The summed E-state index contributed by atoms with van der Waals surface area (Å²) in [6, 6.07) is 24.9. The molecule has 0 saturated carbocycles. The summed E-state index contributed by atoms with van der Waals surface area (Å²) in [4.78, 5) is 46.0. The Bertz CT molecular complexity index is 2480. The van der Waals surface area contributed by atoms with Crippen molar-refractivity contribution in [3.8, 4) is 0 Å². The number of carbonyl (C=O) groups excluding carboxylic acids is 1. The molecular formula is C46H62Cl2N10O5. The fraction of sp³-hybridized carbons (Fsp3) is 0.413. The fourth-order valence-corrected chi connectivity index (χ4v) is 7.65. The van der Waals surface area contributed by atoms with Crippen molar-refractivity contribution < 1.29 is 13.6 Å². The summed E-state index contributed by atoms with van der Waals surface area (Å²) in [6.45, 7) is 13.6. The number of likely N-dealkylation sites (N-methyl/N-ethyl adjacent to an activating group) is 2. The van der Waals surface area contributed by atoms with E-state index in [2.05, 4.69) is 44.3 Å². The van der Waals surface area contributed by atoms with Crippen molar-refractivity contribution in [1.29, 1.82) is 0 Å². The van der Waals surface area contributed by atoms with Gasteiger partial charge in [-0.15, -0.1) is 0 Å². The van der Waals surface area contributed by atoms with E-state index in [9.17, 15) is 14.4 Å². The van der Waals surface area contributed by atoms with Crippen LogP contribution in [-0.4, -0.2) is 127 Å². The highest BCUT2D eigenvalue weighted by atomic mass is 35.5. The van der Waals surface area contributed by atoms with E-state index in [1.54, 1.807) is 51.6 Å². The SMILES string of the molecule is C.CN1CCN(CCCN)CC1.CN1CCN(CCCNC(=O)Nc2cccc(Cn3c(=O)oc4cc(Cl)ccc43)c2)CC1.Nc1cccc(Cn2c(=O)oc3cc(Cl)ccc32)c1. The topological polar surface area (TPSA) is 176 Å². The maximum absolute atomic E-state index is 12.3. The van der Waals surface area contributed by atoms with Gasteiger partial charge in [-0.25, -0.2) is 14.4 Å². The molecule has 17 heteroatoms. The Labute approximate surface area is 379 Å². The molecule has 6 aromatic rings. The molecule has 0 radical (unpaired) electrons. The van der Waals surface area contributed by atoms with E-state index >= 15 is 0 Å². The first kappa shape index (κ1) is 48.9. The number of piperazine rings is 2. The molecule has 8 rings (SSSR count). The highest BCUT2D eigenvalue weighted by molar-refractivity contribution is 6.31. The van der Waals surface area contributed by atoms with E-state index in [0.29, 0.717) is 57.7 Å². The molecule has 2 aromatic heterocycles. The van der Waals surface area contributed by atoms with Crippen LogP contribution >= 0.6 is 23.2 Å². The van der Waals surface area contributed by atoms with Crippen LogP contribution in [0.5, 0.6) is 0 Å². The summed E-state index contributed by atoms with van der Waals surface area (Å²) >= 11 is 11.9. The number of hydrogen-bond acceptors (Lipinski definition) is 11. The Morgan fingerprint density at radius 2 is 1.16 bits per heavy atom. The van der Waals surface area contributed by atoms with Crippen LogP contribution in [0.3, 0.4) is 0 Å². The van der Waals surface area contributed by atoms with E-state index in [0.717, 1.165) is 68.8 Å². The van der Waals surface area contributed by atoms with Crippen LogP contribution in [0.1, 0.15) is 31.4 Å². The molecule has 0 unspecified atom stereocenters. The molecule has 0 aliphatic carbocycles. The number of halogens is 2. The second-order valence-electron chi connectivity index (χ2n) is 15.7. The summed E-state index contributed by atoms with van der Waals surface area (Å²) in [7, 11) is 4.32. The first-order chi connectivity index (χ1) is 29.9. The molecule has 2 amide bonds. The average Bonchev–Trinajstić information content (AvgIpc) is 3.72. The van der Waals surface area contributed by atoms with E-state index < -0.39 is 11.5 Å². The number of nitrogens with one attached hydrogen (secondary N) is 2. The predicted octanol–water partition coefficient (Wildman–Crippen LogP) is 6.15. The Balaban J connectivity index is 0.000000203. The number of nitrogens with two attached hydrogens (primary N) is 2. The van der Waals surface area contributed by atoms with E-state index in [-0.39, 0.29) is 13.5 Å². The number of amides is 2. The quantitative estimate of drug-likeness (QED) is 0.0819. The van der Waals surface area contributed by atoms with Gasteiger partial charge in [0.25, 0.3) is 0 Å². The molecule has 2 fully saturated rings. The van der Waals surface area contributed by atoms with Gasteiger partial charge in [-0.3, -0.25) is 9.13 Å². The van der Waals surface area contributed by atoms with Crippen LogP contribution in [0.4, 0.5) is 16.2 Å². The van der Waals surface area contributed by atoms with Gasteiger partial charge in [-0.05, 0) is 106 Å². The number of hydrogen-bond donors (Lipinski definition) is 4. The summed E-state index contributed by atoms with van der Waals surface area (Å²) in [6.07, 6.45) is 2.06. The fourth-order valence-electron chi connectivity index (χ4n) is 7.32. The first-order valence-corrected chi connectivity index (χ1v) is 21.8. The highest BCUT2D eigenvalue weighted by Crippen LogP contribution is 2.21. The molecule has 15 nitrogen and oxygen atoms in total. The summed E-state index contributed by atoms with van der Waals surface area (Å²) in [5.74, 6) is -0.849. The third kappa shape index (κ3) is 14.7. The third-order valence-corrected chi connectivity index (χ3v) is 11.4. The largest absolute Gasteiger partial charge is 0.420 e. The number of benzene rings is 4. The lowest BCUT2D eigenvalue weighted by molar-refractivity contribution is 0.153. The summed E-state index contributed by atoms with van der Waals surface area (Å²) in [5, 5.41) is 6.83. The predicted molar refractivity (Wildman–Crippen MR) is 256 cm³/mol. The van der Waals surface area contributed by atoms with Crippen molar-refractivity contribution in [2.75, 3.05) is 104 Å². The smallest absolute Gasteiger partial charge is 0.408 e. The number of nitrogen functional groups attached to an aromatic ring is 1. The zero-order chi connectivity index (χ0) is 44.0. The number of nitrogens with zero attached hydrogens (tertiary/aromatic N) is 6. The molecule has 63 heavy (non-hydrogen) atoms. The highest BCUT2D eigenvalue weighted by Gasteiger charge is 2.15. The van der Waals surface area contributed by atoms with Crippen molar-refractivity contribution >= 4 is 62.8 Å². The molecule has 6 N–H and O–H groups in total. The van der Waals surface area contributed by atoms with Gasteiger partial charge in [-0.2, -0.15) is 0 Å². The average molecular weight is 906 g/mol. The van der Waals surface area contributed by atoms with Gasteiger partial charge in [-0.1, -0.05) is 54.9 Å². The molecular weight excluding hydrogens is 843 g/mol. The minimum atomic E-state index is -0.446. The van der Waals surface area contributed by atoms with Crippen LogP contribution < -0.4 is 33.6 Å². The Kier molecular flexibility index (Phi) is 18.7. The van der Waals surface area contributed by atoms with Gasteiger partial charge < -0.3 is 50.5 Å². The van der Waals surface area contributed by atoms with Gasteiger partial charge in [0.2, 0.25) is 0 Å². The molecule has 0 atom stereocenters. The second kappa shape index (κ2) is 24.1. The first-order valence-electron chi connectivity index (χ1n) is 21.0. The van der Waals surface area contributed by atoms with Gasteiger partial charge in [0.15, 0.2) is 11.2 Å². The number of aromatic nitrogens is 2. The Morgan fingerprint density at radius 1 is 0.667 bits per heavy atom. The zero-order valence-electron chi connectivity index (χ0n) is 35.5. The number of carbonyl (C=O) groups is 1. The van der Waals surface area contributed by atoms with Crippen LogP contribution in [0.2, 0.25) is 10.0 Å². The van der Waals surface area contributed by atoms with Crippen LogP contribution in [0.15, 0.2) is 103 Å². The van der Waals surface area contributed by atoms with Crippen molar-refractivity contribution in [3.05, 3.63) is 127 Å². The second-order valence-corrected chi connectivity index (χ2v) is 16.6. The van der Waals surface area contributed by atoms with Gasteiger partial charge in [0.05, 0.1) is 24.1 Å². The van der Waals surface area contributed by atoms with Gasteiger partial charge in [0.1, 0.15) is 0 Å². The molecule has 340 valence electrons. The molecule has 2 aliphatic rings. The minimum Gasteiger partial charge on any atom is -0.408 e. The molecule has 0 spiro atoms. The normalized spacial score (nSPS) is 14.9. The lowest BCUT2D eigenvalue weighted by Gasteiger charge is -2.32. The third-order valence-electron chi connectivity index (χ3n) is 10.9. The summed E-state index contributed by atoms with van der Waals surface area (Å²) in [5.41, 5.74) is 16.7. The van der Waals surface area contributed by atoms with Crippen molar-refractivity contribution in [2.45, 2.75) is 33.4 Å². The Hall–Kier alpha value is -5.13. The number of urea groups is 1. The molecule has 4 aromatic carbocycles. The minimum absolute atomic E-state index is 0. The maximum Gasteiger partial charge on any atom is 0.420 e. The number of rotatable bonds is 12. The van der Waals surface area contributed by atoms with Crippen LogP contribution in [-0.2, 0) is 13.1 Å². The number of fused-ring (bicyclic) bond motifs is 2. The van der Waals surface area contributed by atoms with Crippen molar-refractivity contribution in [2.24, 2.45) is 5.73 Å². The van der Waals surface area contributed by atoms with Crippen molar-refractivity contribution in [1.82, 2.24) is 34.1 Å². The lowest BCUT2D eigenvalue weighted by atomic mass is 10.2. The van der Waals surface area contributed by atoms with Crippen LogP contribution in [0.25, 0.3) is 22.2 Å².